The number of phenolic OH excluding ortho intramolecular Hbond substituents is 1. The van der Waals surface area contributed by atoms with Gasteiger partial charge in [-0.3, -0.25) is 4.79 Å². The number of carbonyl (C=O) groups is 1. The topological polar surface area (TPSA) is 56.3 Å². The number of benzene rings is 2. The number of halogens is 1. The molecule has 1 amide bonds. The quantitative estimate of drug-likeness (QED) is 0.660. The Hall–Kier alpha value is -2.27. The van der Waals surface area contributed by atoms with E-state index in [2.05, 4.69) is 39.1 Å². The Labute approximate surface area is 154 Å². The number of H-pyrrole nitrogens is 1. The van der Waals surface area contributed by atoms with Gasteiger partial charge in [0.15, 0.2) is 0 Å². The predicted octanol–water partition coefficient (Wildman–Crippen LogP) is 3.74. The van der Waals surface area contributed by atoms with Crippen LogP contribution in [-0.2, 0) is 24.2 Å². The van der Waals surface area contributed by atoms with E-state index in [-0.39, 0.29) is 5.91 Å². The summed E-state index contributed by atoms with van der Waals surface area (Å²) in [5.41, 5.74) is 5.91. The Balaban J connectivity index is 1.64. The highest BCUT2D eigenvalue weighted by molar-refractivity contribution is 9.09. The molecule has 5 heteroatoms. The molecule has 2 aromatic carbocycles. The molecular formula is C20H19BrN2O2. The van der Waals surface area contributed by atoms with Crippen LogP contribution in [0.1, 0.15) is 22.4 Å². The maximum atomic E-state index is 11.9. The van der Waals surface area contributed by atoms with Crippen LogP contribution >= 0.6 is 15.9 Å². The number of amides is 1. The second kappa shape index (κ2) is 6.56. The van der Waals surface area contributed by atoms with Crippen LogP contribution in [-0.4, -0.2) is 32.8 Å². The number of fused-ring (bicyclic) bond motifs is 3. The van der Waals surface area contributed by atoms with Crippen molar-refractivity contribution in [3.63, 3.8) is 0 Å². The number of hydrogen-bond acceptors (Lipinski definition) is 2. The van der Waals surface area contributed by atoms with Crippen molar-refractivity contribution in [2.45, 2.75) is 19.4 Å². The molecule has 4 rings (SSSR count). The van der Waals surface area contributed by atoms with Crippen molar-refractivity contribution >= 4 is 32.7 Å². The second-order valence-electron chi connectivity index (χ2n) is 6.51. The zero-order valence-corrected chi connectivity index (χ0v) is 15.3. The number of aromatic amines is 1. The Bertz CT molecular complexity index is 948. The number of carbonyl (C=O) groups excluding carboxylic acids is 1. The van der Waals surface area contributed by atoms with Crippen molar-refractivity contribution in [2.24, 2.45) is 0 Å². The maximum Gasteiger partial charge on any atom is 0.233 e. The van der Waals surface area contributed by atoms with E-state index in [1.54, 1.807) is 12.1 Å². The van der Waals surface area contributed by atoms with Gasteiger partial charge in [-0.1, -0.05) is 34.1 Å². The molecule has 0 spiro atoms. The summed E-state index contributed by atoms with van der Waals surface area (Å²) in [6.45, 7) is 1.41. The largest absolute Gasteiger partial charge is 0.508 e. The molecule has 0 bridgehead atoms. The van der Waals surface area contributed by atoms with Gasteiger partial charge < -0.3 is 15.0 Å². The molecule has 25 heavy (non-hydrogen) atoms. The van der Waals surface area contributed by atoms with E-state index >= 15 is 0 Å². The van der Waals surface area contributed by atoms with Gasteiger partial charge in [-0.2, -0.15) is 0 Å². The van der Waals surface area contributed by atoms with Gasteiger partial charge in [0.05, 0.1) is 11.9 Å². The van der Waals surface area contributed by atoms with E-state index in [1.165, 1.54) is 16.5 Å². The summed E-state index contributed by atoms with van der Waals surface area (Å²) < 4.78 is 0. The molecular weight excluding hydrogens is 380 g/mol. The van der Waals surface area contributed by atoms with Crippen LogP contribution in [0.4, 0.5) is 0 Å². The predicted molar refractivity (Wildman–Crippen MR) is 102 cm³/mol. The van der Waals surface area contributed by atoms with Gasteiger partial charge in [-0.05, 0) is 53.8 Å². The van der Waals surface area contributed by atoms with E-state index in [4.69, 9.17) is 0 Å². The van der Waals surface area contributed by atoms with Crippen molar-refractivity contribution in [3.05, 3.63) is 64.8 Å². The molecule has 0 aliphatic carbocycles. The first-order valence-corrected chi connectivity index (χ1v) is 9.50. The molecule has 0 unspecified atom stereocenters. The Morgan fingerprint density at radius 2 is 2.04 bits per heavy atom. The molecule has 0 saturated heterocycles. The van der Waals surface area contributed by atoms with E-state index < -0.39 is 0 Å². The Kier molecular flexibility index (Phi) is 4.25. The number of aromatic hydroxyl groups is 1. The average Bonchev–Trinajstić information content (AvgIpc) is 2.98. The third-order valence-corrected chi connectivity index (χ3v) is 5.31. The van der Waals surface area contributed by atoms with E-state index in [0.717, 1.165) is 36.2 Å². The molecule has 1 aliphatic rings. The lowest BCUT2D eigenvalue weighted by Crippen LogP contribution is -2.36. The summed E-state index contributed by atoms with van der Waals surface area (Å²) in [6, 6.07) is 13.9. The van der Waals surface area contributed by atoms with Crippen LogP contribution in [0.3, 0.4) is 0 Å². The van der Waals surface area contributed by atoms with Gasteiger partial charge >= 0.3 is 0 Å². The summed E-state index contributed by atoms with van der Waals surface area (Å²) >= 11 is 3.25. The summed E-state index contributed by atoms with van der Waals surface area (Å²) in [7, 11) is 0. The molecule has 0 fully saturated rings. The fourth-order valence-electron chi connectivity index (χ4n) is 3.60. The number of phenols is 1. The molecule has 1 aromatic heterocycles. The van der Waals surface area contributed by atoms with Crippen molar-refractivity contribution in [2.75, 3.05) is 11.9 Å². The number of rotatable bonds is 3. The molecule has 2 heterocycles. The van der Waals surface area contributed by atoms with E-state index in [9.17, 15) is 9.90 Å². The highest BCUT2D eigenvalue weighted by atomic mass is 79.9. The van der Waals surface area contributed by atoms with Crippen molar-refractivity contribution in [1.82, 2.24) is 9.88 Å². The molecule has 0 radical (unpaired) electrons. The number of hydrogen-bond donors (Lipinski definition) is 2. The summed E-state index contributed by atoms with van der Waals surface area (Å²) in [6.07, 6.45) is 1.67. The Morgan fingerprint density at radius 1 is 1.20 bits per heavy atom. The molecule has 3 aromatic rings. The first-order chi connectivity index (χ1) is 12.1. The fraction of sp³-hybridized carbons (Fsp3) is 0.250. The van der Waals surface area contributed by atoms with Crippen molar-refractivity contribution in [3.8, 4) is 5.75 Å². The minimum Gasteiger partial charge on any atom is -0.508 e. The van der Waals surface area contributed by atoms with Crippen molar-refractivity contribution in [1.29, 1.82) is 0 Å². The standard InChI is InChI=1S/C20H19BrN2O2/c21-11-20(25)23-7-6-16-17-10-14(4-5-18(17)22-19(16)12-23)8-13-2-1-3-15(24)9-13/h1-5,9-10,22,24H,6-8,11-12H2. The first-order valence-electron chi connectivity index (χ1n) is 8.38. The van der Waals surface area contributed by atoms with E-state index in [0.29, 0.717) is 17.6 Å². The fourth-order valence-corrected chi connectivity index (χ4v) is 3.95. The van der Waals surface area contributed by atoms with Crippen LogP contribution in [0, 0.1) is 0 Å². The lowest BCUT2D eigenvalue weighted by atomic mass is 9.99. The lowest BCUT2D eigenvalue weighted by Gasteiger charge is -2.26. The zero-order chi connectivity index (χ0) is 17.4. The molecule has 0 saturated carbocycles. The lowest BCUT2D eigenvalue weighted by molar-refractivity contribution is -0.129. The highest BCUT2D eigenvalue weighted by Gasteiger charge is 2.23. The maximum absolute atomic E-state index is 11.9. The number of aromatic nitrogens is 1. The van der Waals surface area contributed by atoms with Gasteiger partial charge in [0.2, 0.25) is 5.91 Å². The van der Waals surface area contributed by atoms with Gasteiger partial charge in [0.25, 0.3) is 0 Å². The van der Waals surface area contributed by atoms with Gasteiger partial charge in [-0.25, -0.2) is 0 Å². The van der Waals surface area contributed by atoms with Crippen LogP contribution in [0.25, 0.3) is 10.9 Å². The summed E-state index contributed by atoms with van der Waals surface area (Å²) in [5, 5.41) is 11.3. The number of alkyl halides is 1. The minimum absolute atomic E-state index is 0.133. The van der Waals surface area contributed by atoms with Gasteiger partial charge in [-0.15, -0.1) is 0 Å². The van der Waals surface area contributed by atoms with E-state index in [1.807, 2.05) is 17.0 Å². The molecule has 1 aliphatic heterocycles. The normalized spacial score (nSPS) is 13.9. The van der Waals surface area contributed by atoms with Crippen LogP contribution < -0.4 is 0 Å². The molecule has 2 N–H and O–H groups in total. The number of nitrogens with one attached hydrogen (secondary N) is 1. The first kappa shape index (κ1) is 16.2. The van der Waals surface area contributed by atoms with Crippen LogP contribution in [0.2, 0.25) is 0 Å². The summed E-state index contributed by atoms with van der Waals surface area (Å²) in [5.74, 6) is 0.433. The monoisotopic (exact) mass is 398 g/mol. The molecule has 128 valence electrons. The van der Waals surface area contributed by atoms with Crippen molar-refractivity contribution < 1.29 is 9.90 Å². The van der Waals surface area contributed by atoms with Crippen LogP contribution in [0.5, 0.6) is 5.75 Å². The SMILES string of the molecule is O=C(CBr)N1CCc2c([nH]c3ccc(Cc4cccc(O)c4)cc23)C1. The molecule has 4 nitrogen and oxygen atoms in total. The second-order valence-corrected chi connectivity index (χ2v) is 7.07. The molecule has 0 atom stereocenters. The average molecular weight is 399 g/mol. The van der Waals surface area contributed by atoms with Gasteiger partial charge in [0, 0.05) is 23.1 Å². The Morgan fingerprint density at radius 3 is 2.84 bits per heavy atom. The van der Waals surface area contributed by atoms with Gasteiger partial charge in [0.1, 0.15) is 5.75 Å². The third-order valence-electron chi connectivity index (χ3n) is 4.83. The highest BCUT2D eigenvalue weighted by Crippen LogP contribution is 2.29. The number of nitrogens with zero attached hydrogens (tertiary/aromatic N) is 1. The third kappa shape index (κ3) is 3.16. The smallest absolute Gasteiger partial charge is 0.233 e. The zero-order valence-electron chi connectivity index (χ0n) is 13.8. The summed E-state index contributed by atoms with van der Waals surface area (Å²) in [4.78, 5) is 17.3. The minimum atomic E-state index is 0.133. The van der Waals surface area contributed by atoms with Crippen LogP contribution in [0.15, 0.2) is 42.5 Å².